The highest BCUT2D eigenvalue weighted by Crippen LogP contribution is 2.34. The Hall–Kier alpha value is -2.24. The Morgan fingerprint density at radius 3 is 2.54 bits per heavy atom. The first kappa shape index (κ1) is 20.1. The van der Waals surface area contributed by atoms with Crippen molar-refractivity contribution < 1.29 is 13.6 Å². The number of aromatic nitrogens is 2. The van der Waals surface area contributed by atoms with Crippen molar-refractivity contribution in [1.82, 2.24) is 9.78 Å². The molecule has 1 heterocycles. The van der Waals surface area contributed by atoms with Crippen molar-refractivity contribution in [2.24, 2.45) is 12.5 Å². The monoisotopic (exact) mass is 363 g/mol. The topological polar surface area (TPSA) is 46.9 Å². The van der Waals surface area contributed by atoms with Crippen LogP contribution >= 0.6 is 0 Å². The van der Waals surface area contributed by atoms with Crippen LogP contribution in [0.1, 0.15) is 63.3 Å². The third-order valence-electron chi connectivity index (χ3n) is 4.18. The third-order valence-corrected chi connectivity index (χ3v) is 4.18. The fourth-order valence-corrected chi connectivity index (χ4v) is 3.31. The molecule has 0 saturated heterocycles. The molecule has 1 aromatic heterocycles. The number of hydrogen-bond donors (Lipinski definition) is 1. The van der Waals surface area contributed by atoms with Gasteiger partial charge in [0.1, 0.15) is 5.69 Å². The quantitative estimate of drug-likeness (QED) is 0.778. The molecule has 4 nitrogen and oxygen atoms in total. The molecule has 0 spiro atoms. The summed E-state index contributed by atoms with van der Waals surface area (Å²) in [5.41, 5.74) is 1.86. The van der Waals surface area contributed by atoms with E-state index in [0.717, 1.165) is 17.7 Å². The van der Waals surface area contributed by atoms with E-state index in [1.54, 1.807) is 7.05 Å². The zero-order valence-electron chi connectivity index (χ0n) is 16.0. The smallest absolute Gasteiger partial charge is 0.282 e. The van der Waals surface area contributed by atoms with Gasteiger partial charge in [0.25, 0.3) is 6.43 Å². The van der Waals surface area contributed by atoms with E-state index in [1.165, 1.54) is 10.9 Å². The summed E-state index contributed by atoms with van der Waals surface area (Å²) in [5.74, 6) is -0.0585. The summed E-state index contributed by atoms with van der Waals surface area (Å²) in [4.78, 5) is 12.4. The van der Waals surface area contributed by atoms with Crippen molar-refractivity contribution in [3.63, 3.8) is 0 Å². The third kappa shape index (κ3) is 5.38. The van der Waals surface area contributed by atoms with Gasteiger partial charge in [-0.25, -0.2) is 8.78 Å². The lowest BCUT2D eigenvalue weighted by atomic mass is 9.82. The number of nitrogens with one attached hydrogen (secondary N) is 1. The lowest BCUT2D eigenvalue weighted by Crippen LogP contribution is -2.17. The molecule has 0 saturated carbocycles. The number of carbonyl (C=O) groups is 1. The maximum Gasteiger partial charge on any atom is 0.282 e. The molecule has 0 aliphatic heterocycles. The van der Waals surface area contributed by atoms with Gasteiger partial charge in [-0.05, 0) is 29.4 Å². The first-order valence-corrected chi connectivity index (χ1v) is 8.76. The summed E-state index contributed by atoms with van der Waals surface area (Å²) in [6.07, 6.45) is -0.388. The van der Waals surface area contributed by atoms with Crippen LogP contribution in [0.5, 0.6) is 0 Å². The van der Waals surface area contributed by atoms with Crippen LogP contribution in [0.2, 0.25) is 0 Å². The van der Waals surface area contributed by atoms with E-state index >= 15 is 0 Å². The molecule has 0 fully saturated rings. The molecule has 1 atom stereocenters. The van der Waals surface area contributed by atoms with E-state index in [-0.39, 0.29) is 34.9 Å². The summed E-state index contributed by atoms with van der Waals surface area (Å²) >= 11 is 0. The number of rotatable bonds is 6. The van der Waals surface area contributed by atoms with Gasteiger partial charge < -0.3 is 5.32 Å². The van der Waals surface area contributed by atoms with Crippen molar-refractivity contribution in [2.45, 2.75) is 52.9 Å². The van der Waals surface area contributed by atoms with Crippen LogP contribution < -0.4 is 5.32 Å². The maximum atomic E-state index is 13.0. The minimum absolute atomic E-state index is 0.129. The fraction of sp³-hybridized carbons (Fsp3) is 0.500. The zero-order valence-corrected chi connectivity index (χ0v) is 16.0. The second-order valence-electron chi connectivity index (χ2n) is 7.99. The highest BCUT2D eigenvalue weighted by Gasteiger charge is 2.22. The Morgan fingerprint density at radius 1 is 1.27 bits per heavy atom. The number of nitrogens with zero attached hydrogens (tertiary/aromatic N) is 2. The van der Waals surface area contributed by atoms with Gasteiger partial charge in [-0.15, -0.1) is 0 Å². The van der Waals surface area contributed by atoms with Crippen LogP contribution in [0.3, 0.4) is 0 Å². The van der Waals surface area contributed by atoms with Crippen LogP contribution in [-0.2, 0) is 18.3 Å². The summed E-state index contributed by atoms with van der Waals surface area (Å²) in [7, 11) is 1.57. The predicted molar refractivity (Wildman–Crippen MR) is 99.4 cm³/mol. The Balaban J connectivity index is 2.15. The van der Waals surface area contributed by atoms with Gasteiger partial charge in [0, 0.05) is 24.5 Å². The molecule has 2 rings (SSSR count). The van der Waals surface area contributed by atoms with Gasteiger partial charge in [0.15, 0.2) is 0 Å². The lowest BCUT2D eigenvalue weighted by molar-refractivity contribution is -0.115. The second kappa shape index (κ2) is 7.98. The molecule has 2 aromatic rings. The van der Waals surface area contributed by atoms with Crippen LogP contribution in [0.4, 0.5) is 14.5 Å². The number of carbonyl (C=O) groups excluding carboxylic acids is 1. The molecule has 6 heteroatoms. The summed E-state index contributed by atoms with van der Waals surface area (Å²) in [6.45, 7) is 8.67. The van der Waals surface area contributed by atoms with E-state index in [1.807, 2.05) is 24.3 Å². The molecule has 1 N–H and O–H groups in total. The molecular formula is C20H27F2N3O. The SMILES string of the molecule is CC(CC(C)(C)C)c1ccccc1NC(=O)Cc1cn(C)nc1C(F)F. The van der Waals surface area contributed by atoms with Gasteiger partial charge in [0.05, 0.1) is 6.42 Å². The summed E-state index contributed by atoms with van der Waals surface area (Å²) in [6, 6.07) is 7.65. The molecule has 0 radical (unpaired) electrons. The molecule has 1 unspecified atom stereocenters. The molecule has 26 heavy (non-hydrogen) atoms. The molecule has 0 aliphatic rings. The Kier molecular flexibility index (Phi) is 6.16. The highest BCUT2D eigenvalue weighted by molar-refractivity contribution is 5.93. The van der Waals surface area contributed by atoms with Crippen LogP contribution in [-0.4, -0.2) is 15.7 Å². The van der Waals surface area contributed by atoms with Crippen molar-refractivity contribution in [1.29, 1.82) is 0 Å². The molecule has 0 bridgehead atoms. The van der Waals surface area contributed by atoms with Crippen molar-refractivity contribution >= 4 is 11.6 Å². The number of aryl methyl sites for hydroxylation is 1. The molecular weight excluding hydrogens is 336 g/mol. The lowest BCUT2D eigenvalue weighted by Gasteiger charge is -2.25. The van der Waals surface area contributed by atoms with Crippen LogP contribution in [0, 0.1) is 5.41 Å². The molecule has 1 aromatic carbocycles. The predicted octanol–water partition coefficient (Wildman–Crippen LogP) is 5.08. The highest BCUT2D eigenvalue weighted by atomic mass is 19.3. The zero-order chi connectivity index (χ0) is 19.5. The van der Waals surface area contributed by atoms with Crippen molar-refractivity contribution in [3.8, 4) is 0 Å². The first-order chi connectivity index (χ1) is 12.1. The molecule has 1 amide bonds. The summed E-state index contributed by atoms with van der Waals surface area (Å²) < 4.78 is 27.4. The number of para-hydroxylation sites is 1. The Labute approximate surface area is 153 Å². The molecule has 0 aliphatic carbocycles. The average Bonchev–Trinajstić information content (AvgIpc) is 2.86. The second-order valence-corrected chi connectivity index (χ2v) is 7.99. The van der Waals surface area contributed by atoms with E-state index in [0.29, 0.717) is 0 Å². The van der Waals surface area contributed by atoms with Gasteiger partial charge in [-0.2, -0.15) is 5.10 Å². The normalized spacial score (nSPS) is 13.1. The van der Waals surface area contributed by atoms with Gasteiger partial charge in [-0.1, -0.05) is 45.9 Å². The van der Waals surface area contributed by atoms with E-state index in [4.69, 9.17) is 0 Å². The van der Waals surface area contributed by atoms with E-state index in [9.17, 15) is 13.6 Å². The largest absolute Gasteiger partial charge is 0.326 e. The van der Waals surface area contributed by atoms with Crippen LogP contribution in [0.25, 0.3) is 0 Å². The van der Waals surface area contributed by atoms with Crippen molar-refractivity contribution in [3.05, 3.63) is 47.3 Å². The van der Waals surface area contributed by atoms with Gasteiger partial charge >= 0.3 is 0 Å². The number of amides is 1. The van der Waals surface area contributed by atoms with Crippen molar-refractivity contribution in [2.75, 3.05) is 5.32 Å². The number of anilines is 1. The first-order valence-electron chi connectivity index (χ1n) is 8.76. The Bertz CT molecular complexity index is 763. The van der Waals surface area contributed by atoms with Gasteiger partial charge in [0.2, 0.25) is 5.91 Å². The maximum absolute atomic E-state index is 13.0. The number of alkyl halides is 2. The summed E-state index contributed by atoms with van der Waals surface area (Å²) in [5, 5.41) is 6.62. The molecule has 142 valence electrons. The Morgan fingerprint density at radius 2 is 1.92 bits per heavy atom. The number of halogens is 2. The fourth-order valence-electron chi connectivity index (χ4n) is 3.31. The minimum Gasteiger partial charge on any atom is -0.326 e. The number of hydrogen-bond acceptors (Lipinski definition) is 2. The van der Waals surface area contributed by atoms with E-state index < -0.39 is 6.43 Å². The van der Waals surface area contributed by atoms with Gasteiger partial charge in [-0.3, -0.25) is 9.48 Å². The number of benzene rings is 1. The standard InChI is InChI=1S/C20H27F2N3O/c1-13(11-20(2,3)4)15-8-6-7-9-16(15)23-17(26)10-14-12-25(5)24-18(14)19(21)22/h6-9,12-13,19H,10-11H2,1-5H3,(H,23,26). The van der Waals surface area contributed by atoms with Crippen LogP contribution in [0.15, 0.2) is 30.5 Å². The van der Waals surface area contributed by atoms with E-state index in [2.05, 4.69) is 38.1 Å². The minimum atomic E-state index is -2.70. The average molecular weight is 363 g/mol.